The van der Waals surface area contributed by atoms with Crippen LogP contribution in [0.15, 0.2) is 24.3 Å². The number of carbonyl (C=O) groups is 2. The number of nitrogens with one attached hydrogen (secondary N) is 1. The van der Waals surface area contributed by atoms with Gasteiger partial charge in [0, 0.05) is 6.54 Å². The molecular formula is C15H19NO2. The van der Waals surface area contributed by atoms with Gasteiger partial charge in [-0.25, -0.2) is 0 Å². The maximum absolute atomic E-state index is 10.8. The summed E-state index contributed by atoms with van der Waals surface area (Å²) in [5, 5.41) is 2.54. The van der Waals surface area contributed by atoms with E-state index in [4.69, 9.17) is 0 Å². The van der Waals surface area contributed by atoms with Gasteiger partial charge in [0.15, 0.2) is 0 Å². The highest BCUT2D eigenvalue weighted by Crippen LogP contribution is 2.32. The molecule has 1 fully saturated rings. The molecule has 2 rings (SSSR count). The summed E-state index contributed by atoms with van der Waals surface area (Å²) in [6.07, 6.45) is 6.93. The van der Waals surface area contributed by atoms with Crippen LogP contribution in [0.25, 0.3) is 0 Å². The van der Waals surface area contributed by atoms with Crippen LogP contribution in [-0.4, -0.2) is 12.2 Å². The van der Waals surface area contributed by atoms with Crippen LogP contribution in [0, 0.1) is 0 Å². The smallest absolute Gasteiger partial charge is 0.284 e. The van der Waals surface area contributed by atoms with Gasteiger partial charge in [0.1, 0.15) is 0 Å². The summed E-state index contributed by atoms with van der Waals surface area (Å²) in [7, 11) is 0. The van der Waals surface area contributed by atoms with E-state index in [1.54, 1.807) is 0 Å². The van der Waals surface area contributed by atoms with Crippen molar-refractivity contribution in [2.75, 3.05) is 0 Å². The lowest BCUT2D eigenvalue weighted by Crippen LogP contribution is -2.23. The van der Waals surface area contributed by atoms with Crippen molar-refractivity contribution in [2.45, 2.75) is 44.6 Å². The Bertz CT molecular complexity index is 405. The predicted octanol–water partition coefficient (Wildman–Crippen LogP) is 2.55. The number of hydrogen-bond donors (Lipinski definition) is 1. The second kappa shape index (κ2) is 6.34. The maximum atomic E-state index is 10.8. The lowest BCUT2D eigenvalue weighted by Gasteiger charge is -2.22. The van der Waals surface area contributed by atoms with Crippen LogP contribution in [0.2, 0.25) is 0 Å². The Morgan fingerprint density at radius 1 is 1.17 bits per heavy atom. The third-order valence-electron chi connectivity index (χ3n) is 3.63. The van der Waals surface area contributed by atoms with E-state index in [2.05, 4.69) is 17.4 Å². The zero-order valence-electron chi connectivity index (χ0n) is 10.5. The third kappa shape index (κ3) is 3.42. The highest BCUT2D eigenvalue weighted by Gasteiger charge is 2.14. The SMILES string of the molecule is O=CC(=O)NCc1ccc(C2CCCCC2)cc1. The molecule has 0 spiro atoms. The van der Waals surface area contributed by atoms with E-state index < -0.39 is 5.91 Å². The summed E-state index contributed by atoms with van der Waals surface area (Å²) >= 11 is 0. The van der Waals surface area contributed by atoms with E-state index >= 15 is 0 Å². The zero-order valence-corrected chi connectivity index (χ0v) is 10.5. The van der Waals surface area contributed by atoms with Gasteiger partial charge >= 0.3 is 0 Å². The van der Waals surface area contributed by atoms with Crippen molar-refractivity contribution in [1.29, 1.82) is 0 Å². The Morgan fingerprint density at radius 3 is 2.44 bits per heavy atom. The Balaban J connectivity index is 1.92. The minimum Gasteiger partial charge on any atom is -0.346 e. The highest BCUT2D eigenvalue weighted by molar-refractivity contribution is 6.23. The fourth-order valence-electron chi connectivity index (χ4n) is 2.57. The van der Waals surface area contributed by atoms with Gasteiger partial charge < -0.3 is 5.32 Å². The lowest BCUT2D eigenvalue weighted by atomic mass is 9.84. The lowest BCUT2D eigenvalue weighted by molar-refractivity contribution is -0.131. The van der Waals surface area contributed by atoms with Gasteiger partial charge in [-0.1, -0.05) is 43.5 Å². The molecule has 1 amide bonds. The Labute approximate surface area is 108 Å². The average molecular weight is 245 g/mol. The van der Waals surface area contributed by atoms with Gasteiger partial charge in [0.2, 0.25) is 6.29 Å². The van der Waals surface area contributed by atoms with Crippen LogP contribution in [0.3, 0.4) is 0 Å². The highest BCUT2D eigenvalue weighted by atomic mass is 16.2. The van der Waals surface area contributed by atoms with Crippen molar-refractivity contribution in [3.8, 4) is 0 Å². The van der Waals surface area contributed by atoms with E-state index in [0.717, 1.165) is 5.56 Å². The van der Waals surface area contributed by atoms with Crippen molar-refractivity contribution >= 4 is 12.2 Å². The molecule has 0 heterocycles. The molecule has 0 unspecified atom stereocenters. The van der Waals surface area contributed by atoms with Gasteiger partial charge in [-0.15, -0.1) is 0 Å². The van der Waals surface area contributed by atoms with Gasteiger partial charge in [0.25, 0.3) is 5.91 Å². The van der Waals surface area contributed by atoms with Crippen molar-refractivity contribution in [2.24, 2.45) is 0 Å². The summed E-state index contributed by atoms with van der Waals surface area (Å²) in [6, 6.07) is 8.38. The van der Waals surface area contributed by atoms with Crippen LogP contribution in [0.1, 0.15) is 49.1 Å². The number of hydrogen-bond acceptors (Lipinski definition) is 2. The molecule has 1 saturated carbocycles. The summed E-state index contributed by atoms with van der Waals surface area (Å²) in [5.41, 5.74) is 2.44. The van der Waals surface area contributed by atoms with Crippen LogP contribution in [0.5, 0.6) is 0 Å². The molecule has 0 saturated heterocycles. The van der Waals surface area contributed by atoms with Crippen molar-refractivity contribution < 1.29 is 9.59 Å². The normalized spacial score (nSPS) is 16.2. The van der Waals surface area contributed by atoms with Crippen LogP contribution >= 0.6 is 0 Å². The van der Waals surface area contributed by atoms with E-state index in [-0.39, 0.29) is 0 Å². The van der Waals surface area contributed by atoms with Crippen molar-refractivity contribution in [3.63, 3.8) is 0 Å². The monoisotopic (exact) mass is 245 g/mol. The number of aldehydes is 1. The molecule has 1 aliphatic carbocycles. The van der Waals surface area contributed by atoms with Crippen LogP contribution < -0.4 is 5.32 Å². The molecular weight excluding hydrogens is 226 g/mol. The fourth-order valence-corrected chi connectivity index (χ4v) is 2.57. The molecule has 3 nitrogen and oxygen atoms in total. The number of amides is 1. The molecule has 1 aliphatic rings. The first kappa shape index (κ1) is 12.8. The average Bonchev–Trinajstić information content (AvgIpc) is 2.46. The number of carbonyl (C=O) groups excluding carboxylic acids is 2. The summed E-state index contributed by atoms with van der Waals surface area (Å²) < 4.78 is 0. The first-order valence-corrected chi connectivity index (χ1v) is 6.61. The van der Waals surface area contributed by atoms with Crippen LogP contribution in [0.4, 0.5) is 0 Å². The Morgan fingerprint density at radius 2 is 1.83 bits per heavy atom. The van der Waals surface area contributed by atoms with Crippen molar-refractivity contribution in [3.05, 3.63) is 35.4 Å². The molecule has 0 aromatic heterocycles. The zero-order chi connectivity index (χ0) is 12.8. The maximum Gasteiger partial charge on any atom is 0.284 e. The van der Waals surface area contributed by atoms with Crippen molar-refractivity contribution in [1.82, 2.24) is 5.32 Å². The Hall–Kier alpha value is -1.64. The topological polar surface area (TPSA) is 46.2 Å². The molecule has 0 bridgehead atoms. The minimum atomic E-state index is -0.564. The van der Waals surface area contributed by atoms with Crippen LogP contribution in [-0.2, 0) is 16.1 Å². The molecule has 0 atom stereocenters. The molecule has 0 aliphatic heterocycles. The van der Waals surface area contributed by atoms with Gasteiger partial charge in [-0.2, -0.15) is 0 Å². The number of benzene rings is 1. The van der Waals surface area contributed by atoms with E-state index in [1.165, 1.54) is 37.7 Å². The van der Waals surface area contributed by atoms with E-state index in [0.29, 0.717) is 18.7 Å². The van der Waals surface area contributed by atoms with Gasteiger partial charge in [-0.05, 0) is 29.9 Å². The standard InChI is InChI=1S/C15H19NO2/c17-11-15(18)16-10-12-6-8-14(9-7-12)13-4-2-1-3-5-13/h6-9,11,13H,1-5,10H2,(H,16,18). The third-order valence-corrected chi connectivity index (χ3v) is 3.63. The first-order valence-electron chi connectivity index (χ1n) is 6.61. The Kier molecular flexibility index (Phi) is 4.51. The van der Waals surface area contributed by atoms with Gasteiger partial charge in [0.05, 0.1) is 0 Å². The van der Waals surface area contributed by atoms with E-state index in [1.807, 2.05) is 12.1 Å². The van der Waals surface area contributed by atoms with Gasteiger partial charge in [-0.3, -0.25) is 9.59 Å². The molecule has 96 valence electrons. The number of rotatable bonds is 4. The second-order valence-electron chi connectivity index (χ2n) is 4.91. The van der Waals surface area contributed by atoms with E-state index in [9.17, 15) is 9.59 Å². The second-order valence-corrected chi connectivity index (χ2v) is 4.91. The molecule has 1 aromatic rings. The summed E-state index contributed by atoms with van der Waals surface area (Å²) in [6.45, 7) is 0.419. The largest absolute Gasteiger partial charge is 0.346 e. The molecule has 1 N–H and O–H groups in total. The molecule has 0 radical (unpaired) electrons. The summed E-state index contributed by atoms with van der Waals surface area (Å²) in [4.78, 5) is 21.0. The quantitative estimate of drug-likeness (QED) is 0.654. The fraction of sp³-hybridized carbons (Fsp3) is 0.467. The first-order chi connectivity index (χ1) is 8.79. The molecule has 1 aromatic carbocycles. The minimum absolute atomic E-state index is 0.302. The summed E-state index contributed by atoms with van der Waals surface area (Å²) in [5.74, 6) is 0.142. The predicted molar refractivity (Wildman–Crippen MR) is 70.2 cm³/mol. The molecule has 18 heavy (non-hydrogen) atoms. The molecule has 3 heteroatoms.